The largest absolute Gasteiger partial charge is 0.344 e. The van der Waals surface area contributed by atoms with Crippen molar-refractivity contribution >= 4 is 17.8 Å². The number of rotatable bonds is 5. The molecule has 6 heteroatoms. The zero-order chi connectivity index (χ0) is 18.3. The van der Waals surface area contributed by atoms with Gasteiger partial charge in [0.25, 0.3) is 5.91 Å². The summed E-state index contributed by atoms with van der Waals surface area (Å²) < 4.78 is 0. The predicted octanol–water partition coefficient (Wildman–Crippen LogP) is 2.40. The fourth-order valence-corrected chi connectivity index (χ4v) is 4.75. The minimum Gasteiger partial charge on any atom is -0.322 e. The molecule has 1 aromatic rings. The van der Waals surface area contributed by atoms with E-state index < -0.39 is 11.6 Å². The van der Waals surface area contributed by atoms with Crippen LogP contribution in [0.15, 0.2) is 30.3 Å². The summed E-state index contributed by atoms with van der Waals surface area (Å²) in [7, 11) is 0. The Balaban J connectivity index is 1.39. The lowest BCUT2D eigenvalue weighted by molar-refractivity contribution is -0.141. The van der Waals surface area contributed by atoms with E-state index in [0.29, 0.717) is 24.7 Å². The van der Waals surface area contributed by atoms with Crippen LogP contribution in [0.1, 0.15) is 44.6 Å². The highest BCUT2D eigenvalue weighted by molar-refractivity contribution is 6.07. The number of benzene rings is 1. The maximum Gasteiger partial charge on any atom is 0.344 e. The number of aryl methyl sites for hydroxylation is 1. The molecule has 0 aromatic heterocycles. The molecular weight excluding hydrogens is 330 g/mol. The summed E-state index contributed by atoms with van der Waals surface area (Å²) in [6.45, 7) is 1.72. The second-order valence-electron chi connectivity index (χ2n) is 8.15. The van der Waals surface area contributed by atoms with E-state index in [2.05, 4.69) is 10.7 Å². The summed E-state index contributed by atoms with van der Waals surface area (Å²) in [6.07, 6.45) is 5.44. The molecule has 3 fully saturated rings. The van der Waals surface area contributed by atoms with Gasteiger partial charge in [0.15, 0.2) is 0 Å². The number of hydrazine groups is 1. The third-order valence-electron chi connectivity index (χ3n) is 6.31. The van der Waals surface area contributed by atoms with Gasteiger partial charge < -0.3 is 5.32 Å². The molecule has 2 N–H and O–H groups in total. The number of nitrogens with one attached hydrogen (secondary N) is 2. The molecule has 4 unspecified atom stereocenters. The van der Waals surface area contributed by atoms with Crippen LogP contribution in [0.5, 0.6) is 0 Å². The normalized spacial score (nSPS) is 32.8. The third kappa shape index (κ3) is 2.97. The maximum absolute atomic E-state index is 12.8. The molecule has 1 aromatic carbocycles. The van der Waals surface area contributed by atoms with Crippen LogP contribution in [0.2, 0.25) is 0 Å². The number of hydrogen-bond donors (Lipinski definition) is 2. The summed E-state index contributed by atoms with van der Waals surface area (Å²) in [4.78, 5) is 37.7. The standard InChI is InChI=1S/C20H25N3O3/c1-20(10-9-13-5-3-2-4-6-13)18(25)23(19(26)21-20)22-17(24)16-12-14-7-8-15(16)11-14/h2-6,14-16H,7-12H2,1H3,(H,21,26)(H,22,24). The number of imide groups is 1. The fraction of sp³-hybridized carbons (Fsp3) is 0.550. The van der Waals surface area contributed by atoms with Gasteiger partial charge in [0.1, 0.15) is 5.54 Å². The summed E-state index contributed by atoms with van der Waals surface area (Å²) in [5, 5.41) is 3.64. The number of hydrogen-bond acceptors (Lipinski definition) is 3. The molecule has 2 bridgehead atoms. The molecule has 1 aliphatic heterocycles. The molecule has 26 heavy (non-hydrogen) atoms. The Bertz CT molecular complexity index is 735. The molecule has 138 valence electrons. The molecular formula is C20H25N3O3. The van der Waals surface area contributed by atoms with E-state index in [9.17, 15) is 14.4 Å². The van der Waals surface area contributed by atoms with E-state index in [1.807, 2.05) is 30.3 Å². The minimum absolute atomic E-state index is 0.0643. The van der Waals surface area contributed by atoms with Crippen LogP contribution in [-0.2, 0) is 16.0 Å². The van der Waals surface area contributed by atoms with Gasteiger partial charge in [0.2, 0.25) is 5.91 Å². The van der Waals surface area contributed by atoms with Gasteiger partial charge in [-0.25, -0.2) is 4.79 Å². The van der Waals surface area contributed by atoms with Crippen molar-refractivity contribution in [3.8, 4) is 0 Å². The Kier molecular flexibility index (Phi) is 4.21. The SMILES string of the molecule is CC1(CCc2ccccc2)NC(=O)N(NC(=O)C2CC3CCC2C3)C1=O. The van der Waals surface area contributed by atoms with Gasteiger partial charge in [-0.15, -0.1) is 0 Å². The van der Waals surface area contributed by atoms with Gasteiger partial charge in [0.05, 0.1) is 0 Å². The fourth-order valence-electron chi connectivity index (χ4n) is 4.75. The lowest BCUT2D eigenvalue weighted by atomic mass is 9.88. The first kappa shape index (κ1) is 17.1. The molecule has 4 amide bonds. The van der Waals surface area contributed by atoms with Crippen LogP contribution in [0.4, 0.5) is 4.79 Å². The summed E-state index contributed by atoms with van der Waals surface area (Å²) in [5.41, 5.74) is 2.71. The van der Waals surface area contributed by atoms with Crippen molar-refractivity contribution in [3.63, 3.8) is 0 Å². The summed E-state index contributed by atoms with van der Waals surface area (Å²) in [5.74, 6) is 0.411. The monoisotopic (exact) mass is 355 g/mol. The van der Waals surface area contributed by atoms with Crippen LogP contribution in [0, 0.1) is 17.8 Å². The molecule has 0 radical (unpaired) electrons. The number of carbonyl (C=O) groups is 3. The number of nitrogens with zero attached hydrogens (tertiary/aromatic N) is 1. The average Bonchev–Trinajstić information content (AvgIpc) is 3.32. The molecule has 6 nitrogen and oxygen atoms in total. The maximum atomic E-state index is 12.8. The van der Waals surface area contributed by atoms with Crippen LogP contribution in [-0.4, -0.2) is 28.4 Å². The number of urea groups is 1. The molecule has 2 saturated carbocycles. The highest BCUT2D eigenvalue weighted by Crippen LogP contribution is 2.48. The Morgan fingerprint density at radius 2 is 2.00 bits per heavy atom. The second-order valence-corrected chi connectivity index (χ2v) is 8.15. The van der Waals surface area contributed by atoms with Crippen molar-refractivity contribution in [3.05, 3.63) is 35.9 Å². The lowest BCUT2D eigenvalue weighted by Gasteiger charge is -2.24. The van der Waals surface area contributed by atoms with Gasteiger partial charge in [-0.05, 0) is 56.4 Å². The highest BCUT2D eigenvalue weighted by Gasteiger charge is 2.50. The molecule has 0 spiro atoms. The van der Waals surface area contributed by atoms with Crippen LogP contribution in [0.25, 0.3) is 0 Å². The Labute approximate surface area is 153 Å². The Morgan fingerprint density at radius 3 is 2.65 bits per heavy atom. The predicted molar refractivity (Wildman–Crippen MR) is 95.6 cm³/mol. The Hall–Kier alpha value is -2.37. The third-order valence-corrected chi connectivity index (χ3v) is 6.31. The van der Waals surface area contributed by atoms with Gasteiger partial charge >= 0.3 is 6.03 Å². The zero-order valence-corrected chi connectivity index (χ0v) is 15.0. The van der Waals surface area contributed by atoms with E-state index in [-0.39, 0.29) is 17.7 Å². The van der Waals surface area contributed by atoms with Crippen LogP contribution >= 0.6 is 0 Å². The second kappa shape index (κ2) is 6.41. The van der Waals surface area contributed by atoms with E-state index >= 15 is 0 Å². The van der Waals surface area contributed by atoms with Crippen molar-refractivity contribution in [1.29, 1.82) is 0 Å². The van der Waals surface area contributed by atoms with Crippen molar-refractivity contribution in [2.75, 3.05) is 0 Å². The average molecular weight is 355 g/mol. The topological polar surface area (TPSA) is 78.5 Å². The van der Waals surface area contributed by atoms with Gasteiger partial charge in [-0.1, -0.05) is 36.8 Å². The molecule has 2 aliphatic carbocycles. The molecule has 4 rings (SSSR count). The quantitative estimate of drug-likeness (QED) is 0.796. The van der Waals surface area contributed by atoms with E-state index in [1.165, 1.54) is 6.42 Å². The highest BCUT2D eigenvalue weighted by atomic mass is 16.2. The zero-order valence-electron chi connectivity index (χ0n) is 15.0. The molecule has 3 aliphatic rings. The molecule has 1 heterocycles. The van der Waals surface area contributed by atoms with Gasteiger partial charge in [-0.3, -0.25) is 15.0 Å². The van der Waals surface area contributed by atoms with E-state index in [1.54, 1.807) is 6.92 Å². The molecule has 4 atom stereocenters. The first-order chi connectivity index (χ1) is 12.5. The van der Waals surface area contributed by atoms with Crippen molar-refractivity contribution in [2.24, 2.45) is 17.8 Å². The van der Waals surface area contributed by atoms with E-state index in [0.717, 1.165) is 29.8 Å². The summed E-state index contributed by atoms with van der Waals surface area (Å²) >= 11 is 0. The summed E-state index contributed by atoms with van der Waals surface area (Å²) in [6, 6.07) is 9.31. The van der Waals surface area contributed by atoms with E-state index in [4.69, 9.17) is 0 Å². The Morgan fingerprint density at radius 1 is 1.23 bits per heavy atom. The van der Waals surface area contributed by atoms with Crippen LogP contribution in [0.3, 0.4) is 0 Å². The lowest BCUT2D eigenvalue weighted by Crippen LogP contribution is -2.51. The first-order valence-electron chi connectivity index (χ1n) is 9.47. The number of fused-ring (bicyclic) bond motifs is 2. The van der Waals surface area contributed by atoms with Crippen molar-refractivity contribution in [2.45, 2.75) is 51.0 Å². The van der Waals surface area contributed by atoms with Crippen molar-refractivity contribution in [1.82, 2.24) is 15.8 Å². The number of amides is 4. The van der Waals surface area contributed by atoms with Gasteiger partial charge in [0, 0.05) is 5.92 Å². The number of carbonyl (C=O) groups excluding carboxylic acids is 3. The van der Waals surface area contributed by atoms with Gasteiger partial charge in [-0.2, -0.15) is 5.01 Å². The molecule has 1 saturated heterocycles. The van der Waals surface area contributed by atoms with Crippen LogP contribution < -0.4 is 10.7 Å². The first-order valence-corrected chi connectivity index (χ1v) is 9.47. The van der Waals surface area contributed by atoms with Crippen molar-refractivity contribution < 1.29 is 14.4 Å². The smallest absolute Gasteiger partial charge is 0.322 e. The minimum atomic E-state index is -0.991.